The van der Waals surface area contributed by atoms with E-state index in [1.807, 2.05) is 54.8 Å². The van der Waals surface area contributed by atoms with Crippen molar-refractivity contribution in [2.24, 2.45) is 13.0 Å². The van der Waals surface area contributed by atoms with E-state index in [2.05, 4.69) is 43.8 Å². The summed E-state index contributed by atoms with van der Waals surface area (Å²) in [6.45, 7) is 3.10. The van der Waals surface area contributed by atoms with Crippen LogP contribution in [0.4, 0.5) is 0 Å². The predicted octanol–water partition coefficient (Wildman–Crippen LogP) is 3.05. The molecule has 29 heavy (non-hydrogen) atoms. The number of aryl methyl sites for hydroxylation is 1. The Bertz CT molecular complexity index is 1100. The fourth-order valence-electron chi connectivity index (χ4n) is 3.39. The zero-order valence-corrected chi connectivity index (χ0v) is 16.9. The number of halogens is 1. The molecule has 148 valence electrons. The van der Waals surface area contributed by atoms with Crippen LogP contribution in [-0.4, -0.2) is 42.6 Å². The molecule has 1 saturated heterocycles. The molecular formula is C21H22ClN7. The largest absolute Gasteiger partial charge is 0.316 e. The lowest BCUT2D eigenvalue weighted by atomic mass is 10.0. The van der Waals surface area contributed by atoms with Crippen molar-refractivity contribution < 1.29 is 0 Å². The molecule has 1 N–H and O–H groups in total. The molecule has 4 aromatic rings. The van der Waals surface area contributed by atoms with Crippen molar-refractivity contribution in [3.05, 3.63) is 61.4 Å². The van der Waals surface area contributed by atoms with Gasteiger partial charge in [0.05, 0.1) is 12.4 Å². The van der Waals surface area contributed by atoms with E-state index in [1.54, 1.807) is 4.68 Å². The second kappa shape index (κ2) is 8.14. The molecule has 0 radical (unpaired) electrons. The summed E-state index contributed by atoms with van der Waals surface area (Å²) in [6, 6.07) is 8.21. The third-order valence-electron chi connectivity index (χ3n) is 5.09. The zero-order valence-electron chi connectivity index (χ0n) is 16.1. The van der Waals surface area contributed by atoms with Gasteiger partial charge in [-0.05, 0) is 11.6 Å². The van der Waals surface area contributed by atoms with Crippen LogP contribution in [0, 0.1) is 5.92 Å². The second-order valence-corrected chi connectivity index (χ2v) is 7.25. The molecule has 7 nitrogen and oxygen atoms in total. The quantitative estimate of drug-likeness (QED) is 0.550. The highest BCUT2D eigenvalue weighted by Gasteiger charge is 2.17. The monoisotopic (exact) mass is 407 g/mol. The smallest absolute Gasteiger partial charge is 0.159 e. The second-order valence-electron chi connectivity index (χ2n) is 7.25. The topological polar surface area (TPSA) is 73.5 Å². The molecule has 3 aromatic heterocycles. The summed E-state index contributed by atoms with van der Waals surface area (Å²) >= 11 is 0. The Kier molecular flexibility index (Phi) is 5.42. The average molecular weight is 408 g/mol. The lowest BCUT2D eigenvalue weighted by Gasteiger charge is -2.26. The van der Waals surface area contributed by atoms with Crippen LogP contribution >= 0.6 is 12.4 Å². The third kappa shape index (κ3) is 4.06. The maximum atomic E-state index is 4.58. The Balaban J connectivity index is 0.00000205. The van der Waals surface area contributed by atoms with Crippen molar-refractivity contribution in [2.75, 3.05) is 13.1 Å². The molecule has 0 amide bonds. The van der Waals surface area contributed by atoms with Gasteiger partial charge in [-0.15, -0.1) is 12.4 Å². The van der Waals surface area contributed by atoms with Gasteiger partial charge in [-0.1, -0.05) is 18.2 Å². The summed E-state index contributed by atoms with van der Waals surface area (Å²) in [4.78, 5) is 9.17. The van der Waals surface area contributed by atoms with E-state index in [4.69, 9.17) is 0 Å². The molecule has 1 aromatic carbocycles. The molecule has 0 unspecified atom stereocenters. The van der Waals surface area contributed by atoms with Crippen LogP contribution in [0.1, 0.15) is 0 Å². The first kappa shape index (κ1) is 19.3. The van der Waals surface area contributed by atoms with Crippen LogP contribution in [0.3, 0.4) is 0 Å². The number of aromatic nitrogens is 6. The minimum Gasteiger partial charge on any atom is -0.316 e. The number of nitrogens with one attached hydrogen (secondary N) is 1. The molecule has 0 atom stereocenters. The van der Waals surface area contributed by atoms with E-state index >= 15 is 0 Å². The molecule has 0 bridgehead atoms. The van der Waals surface area contributed by atoms with Crippen molar-refractivity contribution in [3.63, 3.8) is 0 Å². The number of hydrogen-bond acceptors (Lipinski definition) is 5. The lowest BCUT2D eigenvalue weighted by molar-refractivity contribution is 0.295. The maximum Gasteiger partial charge on any atom is 0.159 e. The number of nitrogens with zero attached hydrogens (tertiary/aromatic N) is 6. The zero-order chi connectivity index (χ0) is 18.9. The van der Waals surface area contributed by atoms with Gasteiger partial charge >= 0.3 is 0 Å². The molecule has 5 rings (SSSR count). The molecular weight excluding hydrogens is 386 g/mol. The number of hydrogen-bond donors (Lipinski definition) is 1. The standard InChI is InChI=1S/C21H21N7.ClH/c1-27-13-19(10-25-27)16-3-2-4-17(5-16)21-23-8-18(9-24-21)20-11-26-28(14-20)12-15-6-22-7-15;/h2-5,8-11,13-15,22H,6-7,12H2,1H3;1H. The Hall–Kier alpha value is -3.03. The van der Waals surface area contributed by atoms with Crippen molar-refractivity contribution in [1.82, 2.24) is 34.8 Å². The highest BCUT2D eigenvalue weighted by Crippen LogP contribution is 2.25. The number of benzene rings is 1. The highest BCUT2D eigenvalue weighted by atomic mass is 35.5. The fourth-order valence-corrected chi connectivity index (χ4v) is 3.39. The van der Waals surface area contributed by atoms with E-state index in [9.17, 15) is 0 Å². The van der Waals surface area contributed by atoms with Crippen molar-refractivity contribution >= 4 is 12.4 Å². The maximum absolute atomic E-state index is 4.58. The SMILES string of the molecule is Cl.Cn1cc(-c2cccc(-c3ncc(-c4cnn(CC5CNC5)c4)cn3)c2)cn1. The van der Waals surface area contributed by atoms with E-state index < -0.39 is 0 Å². The van der Waals surface area contributed by atoms with Gasteiger partial charge in [-0.25, -0.2) is 9.97 Å². The van der Waals surface area contributed by atoms with Gasteiger partial charge in [0.2, 0.25) is 0 Å². The molecule has 1 aliphatic rings. The van der Waals surface area contributed by atoms with Crippen LogP contribution in [0.25, 0.3) is 33.6 Å². The van der Waals surface area contributed by atoms with Crippen molar-refractivity contribution in [3.8, 4) is 33.6 Å². The third-order valence-corrected chi connectivity index (χ3v) is 5.09. The van der Waals surface area contributed by atoms with Crippen LogP contribution in [0.15, 0.2) is 61.4 Å². The van der Waals surface area contributed by atoms with Crippen LogP contribution in [0.5, 0.6) is 0 Å². The highest BCUT2D eigenvalue weighted by molar-refractivity contribution is 5.85. The van der Waals surface area contributed by atoms with E-state index in [1.165, 1.54) is 0 Å². The van der Waals surface area contributed by atoms with Crippen molar-refractivity contribution in [2.45, 2.75) is 6.54 Å². The summed E-state index contributed by atoms with van der Waals surface area (Å²) in [5, 5.41) is 12.0. The van der Waals surface area contributed by atoms with E-state index in [0.29, 0.717) is 11.7 Å². The molecule has 1 aliphatic heterocycles. The van der Waals surface area contributed by atoms with Crippen LogP contribution in [0.2, 0.25) is 0 Å². The first-order valence-corrected chi connectivity index (χ1v) is 9.40. The molecule has 4 heterocycles. The normalized spacial score (nSPS) is 13.7. The van der Waals surface area contributed by atoms with Crippen molar-refractivity contribution in [1.29, 1.82) is 0 Å². The average Bonchev–Trinajstić information content (AvgIpc) is 3.34. The lowest BCUT2D eigenvalue weighted by Crippen LogP contribution is -2.44. The van der Waals surface area contributed by atoms with Gasteiger partial charge < -0.3 is 5.32 Å². The number of rotatable bonds is 5. The van der Waals surface area contributed by atoms with E-state index in [0.717, 1.165) is 47.5 Å². The first-order valence-electron chi connectivity index (χ1n) is 9.40. The Labute approximate surface area is 175 Å². The molecule has 0 spiro atoms. The minimum absolute atomic E-state index is 0. The van der Waals surface area contributed by atoms with Crippen LogP contribution < -0.4 is 5.32 Å². The summed E-state index contributed by atoms with van der Waals surface area (Å²) in [5.74, 6) is 1.39. The van der Waals surface area contributed by atoms with Gasteiger partial charge in [0.15, 0.2) is 5.82 Å². The molecule has 0 aliphatic carbocycles. The fraction of sp³-hybridized carbons (Fsp3) is 0.238. The van der Waals surface area contributed by atoms with Gasteiger partial charge in [-0.3, -0.25) is 9.36 Å². The van der Waals surface area contributed by atoms with Crippen LogP contribution in [-0.2, 0) is 13.6 Å². The molecule has 0 saturated carbocycles. The van der Waals surface area contributed by atoms with Gasteiger partial charge in [0.25, 0.3) is 0 Å². The predicted molar refractivity (Wildman–Crippen MR) is 114 cm³/mol. The van der Waals surface area contributed by atoms with Gasteiger partial charge in [0.1, 0.15) is 0 Å². The Morgan fingerprint density at radius 3 is 2.31 bits per heavy atom. The van der Waals surface area contributed by atoms with Gasteiger partial charge in [-0.2, -0.15) is 10.2 Å². The first-order chi connectivity index (χ1) is 13.7. The summed E-state index contributed by atoms with van der Waals surface area (Å²) in [5.41, 5.74) is 5.19. The van der Waals surface area contributed by atoms with Gasteiger partial charge in [0, 0.05) is 79.6 Å². The Morgan fingerprint density at radius 1 is 0.897 bits per heavy atom. The summed E-state index contributed by atoms with van der Waals surface area (Å²) < 4.78 is 3.81. The molecule has 1 fully saturated rings. The minimum atomic E-state index is 0. The van der Waals surface area contributed by atoms with E-state index in [-0.39, 0.29) is 12.4 Å². The Morgan fingerprint density at radius 2 is 1.62 bits per heavy atom. The summed E-state index contributed by atoms with van der Waals surface area (Å²) in [7, 11) is 1.92. The molecule has 8 heteroatoms. The summed E-state index contributed by atoms with van der Waals surface area (Å²) in [6.07, 6.45) is 11.5.